The topological polar surface area (TPSA) is 55.6 Å². The molecule has 0 radical (unpaired) electrons. The quantitative estimate of drug-likeness (QED) is 0.224. The second kappa shape index (κ2) is 8.48. The van der Waals surface area contributed by atoms with Crippen molar-refractivity contribution < 1.29 is 9.53 Å². The maximum absolute atomic E-state index is 12.6. The molecule has 0 aliphatic carbocycles. The smallest absolute Gasteiger partial charge is 0.343 e. The molecule has 4 rings (SSSR count). The van der Waals surface area contributed by atoms with Crippen LogP contribution in [0.2, 0.25) is 0 Å². The second-order valence-electron chi connectivity index (χ2n) is 8.19. The predicted molar refractivity (Wildman–Crippen MR) is 131 cm³/mol. The fourth-order valence-electron chi connectivity index (χ4n) is 3.18. The van der Waals surface area contributed by atoms with E-state index in [4.69, 9.17) is 9.72 Å². The average Bonchev–Trinajstić information content (AvgIpc) is 3.04. The van der Waals surface area contributed by atoms with Crippen LogP contribution in [0, 0.1) is 0 Å². The van der Waals surface area contributed by atoms with Gasteiger partial charge in [0, 0.05) is 26.2 Å². The van der Waals surface area contributed by atoms with Gasteiger partial charge >= 0.3 is 5.97 Å². The summed E-state index contributed by atoms with van der Waals surface area (Å²) in [6.45, 7) is 6.30. The van der Waals surface area contributed by atoms with Crippen molar-refractivity contribution in [1.82, 2.24) is 9.38 Å². The monoisotopic (exact) mass is 541 g/mol. The van der Waals surface area contributed by atoms with E-state index in [1.54, 1.807) is 24.3 Å². The van der Waals surface area contributed by atoms with Crippen molar-refractivity contribution in [3.8, 4) is 17.0 Å². The van der Waals surface area contributed by atoms with Crippen LogP contribution in [0.3, 0.4) is 0 Å². The molecular formula is C24H21Br2N3O2. The Hall–Kier alpha value is -2.64. The van der Waals surface area contributed by atoms with Gasteiger partial charge in [0.05, 0.1) is 5.56 Å². The summed E-state index contributed by atoms with van der Waals surface area (Å²) in [5, 5.41) is 3.56. The Kier molecular flexibility index (Phi) is 5.90. The molecule has 0 unspecified atom stereocenters. The van der Waals surface area contributed by atoms with E-state index in [1.165, 1.54) is 0 Å². The molecule has 0 aliphatic heterocycles. The normalized spacial score (nSPS) is 11.5. The van der Waals surface area contributed by atoms with Crippen LogP contribution in [0.25, 0.3) is 16.9 Å². The third kappa shape index (κ3) is 4.99. The molecular weight excluding hydrogens is 522 g/mol. The molecule has 2 aromatic heterocycles. The van der Waals surface area contributed by atoms with E-state index >= 15 is 0 Å². The summed E-state index contributed by atoms with van der Waals surface area (Å²) in [6, 6.07) is 18.5. The largest absolute Gasteiger partial charge is 0.423 e. The molecule has 0 amide bonds. The van der Waals surface area contributed by atoms with Crippen LogP contribution >= 0.6 is 31.9 Å². The molecule has 0 saturated carbocycles. The molecule has 2 aromatic carbocycles. The number of esters is 1. The number of carbonyl (C=O) groups excluding carboxylic acids is 1. The molecule has 158 valence electrons. The van der Waals surface area contributed by atoms with Crippen LogP contribution < -0.4 is 10.1 Å². The minimum atomic E-state index is -0.412. The number of fused-ring (bicyclic) bond motifs is 1. The number of carbonyl (C=O) groups is 1. The molecule has 0 saturated heterocycles. The second-order valence-corrected chi connectivity index (χ2v) is 10.0. The van der Waals surface area contributed by atoms with Crippen molar-refractivity contribution in [3.05, 3.63) is 81.4 Å². The van der Waals surface area contributed by atoms with Gasteiger partial charge in [0.25, 0.3) is 0 Å². The first-order valence-corrected chi connectivity index (χ1v) is 11.3. The SMILES string of the molecule is CC(C)(C)Nc1c(-c2cccc(OC(=O)c3cccc(Br)c3)c2)nc2ccc(Br)cn12. The number of hydrogen-bond acceptors (Lipinski definition) is 4. The lowest BCUT2D eigenvalue weighted by Gasteiger charge is -2.22. The van der Waals surface area contributed by atoms with Gasteiger partial charge in [0.15, 0.2) is 0 Å². The first-order chi connectivity index (χ1) is 14.7. The third-order valence-corrected chi connectivity index (χ3v) is 5.42. The van der Waals surface area contributed by atoms with Crippen LogP contribution in [0.5, 0.6) is 5.75 Å². The van der Waals surface area contributed by atoms with E-state index in [2.05, 4.69) is 57.9 Å². The van der Waals surface area contributed by atoms with Crippen LogP contribution in [-0.4, -0.2) is 20.9 Å². The zero-order valence-corrected chi connectivity index (χ0v) is 20.5. The Balaban J connectivity index is 1.73. The number of halogens is 2. The summed E-state index contributed by atoms with van der Waals surface area (Å²) in [7, 11) is 0. The summed E-state index contributed by atoms with van der Waals surface area (Å²) in [5.74, 6) is 0.923. The molecule has 0 aliphatic rings. The molecule has 7 heteroatoms. The highest BCUT2D eigenvalue weighted by Gasteiger charge is 2.20. The molecule has 0 atom stereocenters. The van der Waals surface area contributed by atoms with Crippen molar-refractivity contribution in [2.75, 3.05) is 5.32 Å². The Labute approximate surface area is 197 Å². The fourth-order valence-corrected chi connectivity index (χ4v) is 3.92. The van der Waals surface area contributed by atoms with E-state index in [-0.39, 0.29) is 5.54 Å². The molecule has 0 fully saturated rings. The average molecular weight is 543 g/mol. The first kappa shape index (κ1) is 21.6. The summed E-state index contributed by atoms with van der Waals surface area (Å²) < 4.78 is 9.43. The van der Waals surface area contributed by atoms with Crippen LogP contribution in [0.15, 0.2) is 75.8 Å². The van der Waals surface area contributed by atoms with Gasteiger partial charge in [-0.3, -0.25) is 4.40 Å². The molecule has 0 spiro atoms. The van der Waals surface area contributed by atoms with Gasteiger partial charge in [0.2, 0.25) is 0 Å². The zero-order valence-electron chi connectivity index (χ0n) is 17.3. The number of pyridine rings is 1. The number of hydrogen-bond donors (Lipinski definition) is 1. The van der Waals surface area contributed by atoms with Crippen molar-refractivity contribution >= 4 is 49.3 Å². The van der Waals surface area contributed by atoms with Crippen molar-refractivity contribution in [3.63, 3.8) is 0 Å². The van der Waals surface area contributed by atoms with E-state index in [9.17, 15) is 4.79 Å². The number of aromatic nitrogens is 2. The number of rotatable bonds is 4. The van der Waals surface area contributed by atoms with Gasteiger partial charge in [0.1, 0.15) is 22.9 Å². The number of nitrogens with zero attached hydrogens (tertiary/aromatic N) is 2. The summed E-state index contributed by atoms with van der Waals surface area (Å²) in [4.78, 5) is 17.4. The first-order valence-electron chi connectivity index (χ1n) is 9.74. The lowest BCUT2D eigenvalue weighted by atomic mass is 10.1. The van der Waals surface area contributed by atoms with Gasteiger partial charge in [-0.1, -0.05) is 34.1 Å². The minimum Gasteiger partial charge on any atom is -0.423 e. The Morgan fingerprint density at radius 2 is 1.77 bits per heavy atom. The third-order valence-electron chi connectivity index (χ3n) is 4.45. The fraction of sp³-hybridized carbons (Fsp3) is 0.167. The maximum Gasteiger partial charge on any atom is 0.343 e. The van der Waals surface area contributed by atoms with Crippen molar-refractivity contribution in [1.29, 1.82) is 0 Å². The lowest BCUT2D eigenvalue weighted by molar-refractivity contribution is 0.0735. The van der Waals surface area contributed by atoms with Gasteiger partial charge in [-0.05, 0) is 79.2 Å². The van der Waals surface area contributed by atoms with Crippen LogP contribution in [-0.2, 0) is 0 Å². The van der Waals surface area contributed by atoms with Crippen LogP contribution in [0.4, 0.5) is 5.82 Å². The molecule has 4 aromatic rings. The van der Waals surface area contributed by atoms with E-state index in [0.29, 0.717) is 11.3 Å². The number of anilines is 1. The molecule has 1 N–H and O–H groups in total. The molecule has 31 heavy (non-hydrogen) atoms. The molecule has 2 heterocycles. The van der Waals surface area contributed by atoms with Gasteiger partial charge in [-0.15, -0.1) is 0 Å². The lowest BCUT2D eigenvalue weighted by Crippen LogP contribution is -2.27. The van der Waals surface area contributed by atoms with Gasteiger partial charge < -0.3 is 10.1 Å². The maximum atomic E-state index is 12.6. The van der Waals surface area contributed by atoms with Gasteiger partial charge in [-0.2, -0.15) is 0 Å². The number of nitrogens with one attached hydrogen (secondary N) is 1. The Bertz CT molecular complexity index is 1280. The molecule has 5 nitrogen and oxygen atoms in total. The number of imidazole rings is 1. The summed E-state index contributed by atoms with van der Waals surface area (Å²) in [5.41, 5.74) is 2.77. The summed E-state index contributed by atoms with van der Waals surface area (Å²) in [6.07, 6.45) is 1.98. The Morgan fingerprint density at radius 1 is 1.00 bits per heavy atom. The summed E-state index contributed by atoms with van der Waals surface area (Å²) >= 11 is 6.92. The highest BCUT2D eigenvalue weighted by molar-refractivity contribution is 9.10. The highest BCUT2D eigenvalue weighted by Crippen LogP contribution is 2.33. The highest BCUT2D eigenvalue weighted by atomic mass is 79.9. The van der Waals surface area contributed by atoms with E-state index in [1.807, 2.05) is 47.0 Å². The van der Waals surface area contributed by atoms with Gasteiger partial charge in [-0.25, -0.2) is 9.78 Å². The number of benzene rings is 2. The van der Waals surface area contributed by atoms with E-state index < -0.39 is 5.97 Å². The predicted octanol–water partition coefficient (Wildman–Crippen LogP) is 6.96. The Morgan fingerprint density at radius 3 is 2.52 bits per heavy atom. The standard InChI is InChI=1S/C24H21Br2N3O2/c1-24(2,3)28-22-21(27-20-11-10-18(26)14-29(20)22)15-6-5-9-19(13-15)31-23(30)16-7-4-8-17(25)12-16/h4-14,28H,1-3H3. The van der Waals surface area contributed by atoms with Crippen LogP contribution in [0.1, 0.15) is 31.1 Å². The number of ether oxygens (including phenoxy) is 1. The zero-order chi connectivity index (χ0) is 22.2. The van der Waals surface area contributed by atoms with E-state index in [0.717, 1.165) is 31.7 Å². The minimum absolute atomic E-state index is 0.169. The van der Waals surface area contributed by atoms with Crippen molar-refractivity contribution in [2.24, 2.45) is 0 Å². The molecule has 0 bridgehead atoms. The van der Waals surface area contributed by atoms with Crippen molar-refractivity contribution in [2.45, 2.75) is 26.3 Å².